The predicted octanol–water partition coefficient (Wildman–Crippen LogP) is 2.62. The maximum atomic E-state index is 10.8. The first kappa shape index (κ1) is 8.78. The van der Waals surface area contributed by atoms with Crippen LogP contribution in [0.3, 0.4) is 0 Å². The number of ketones is 1. The fourth-order valence-electron chi connectivity index (χ4n) is 0.823. The highest BCUT2D eigenvalue weighted by molar-refractivity contribution is 7.78. The van der Waals surface area contributed by atoms with E-state index in [9.17, 15) is 4.79 Å². The largest absolute Gasteiger partial charge is 0.295 e. The van der Waals surface area contributed by atoms with E-state index in [1.807, 2.05) is 0 Å². The highest BCUT2D eigenvalue weighted by Gasteiger charge is 1.96. The van der Waals surface area contributed by atoms with Crippen LogP contribution in [0, 0.1) is 0 Å². The molecular formula is C9H7NOS. The molecule has 1 aromatic carbocycles. The highest BCUT2D eigenvalue weighted by atomic mass is 32.1. The second kappa shape index (κ2) is 3.90. The van der Waals surface area contributed by atoms with Crippen molar-refractivity contribution in [3.8, 4) is 0 Å². The third-order valence-electron chi connectivity index (χ3n) is 1.45. The second-order valence-electron chi connectivity index (χ2n) is 2.31. The minimum absolute atomic E-state index is 0.0490. The average molecular weight is 177 g/mol. The lowest BCUT2D eigenvalue weighted by molar-refractivity contribution is 0.101. The van der Waals surface area contributed by atoms with Crippen molar-refractivity contribution in [3.63, 3.8) is 0 Å². The molecule has 60 valence electrons. The van der Waals surface area contributed by atoms with E-state index in [0.717, 1.165) is 5.69 Å². The summed E-state index contributed by atoms with van der Waals surface area (Å²) in [7, 11) is 0. The third kappa shape index (κ3) is 2.09. The lowest BCUT2D eigenvalue weighted by atomic mass is 10.1. The van der Waals surface area contributed by atoms with Gasteiger partial charge in [0.2, 0.25) is 0 Å². The summed E-state index contributed by atoms with van der Waals surface area (Å²) in [5, 5.41) is 2.26. The van der Waals surface area contributed by atoms with Gasteiger partial charge >= 0.3 is 0 Å². The van der Waals surface area contributed by atoms with E-state index < -0.39 is 0 Å². The second-order valence-corrected chi connectivity index (χ2v) is 2.49. The first-order valence-corrected chi connectivity index (χ1v) is 3.84. The Morgan fingerprint density at radius 2 is 2.00 bits per heavy atom. The Kier molecular flexibility index (Phi) is 2.86. The molecule has 0 saturated carbocycles. The Hall–Kier alpha value is -1.31. The molecule has 0 amide bonds. The molecule has 0 bridgehead atoms. The van der Waals surface area contributed by atoms with E-state index in [4.69, 9.17) is 0 Å². The third-order valence-corrected chi connectivity index (χ3v) is 1.54. The van der Waals surface area contributed by atoms with E-state index in [0.29, 0.717) is 5.56 Å². The van der Waals surface area contributed by atoms with E-state index in [1.165, 1.54) is 6.92 Å². The van der Waals surface area contributed by atoms with Crippen LogP contribution in [0.2, 0.25) is 0 Å². The van der Waals surface area contributed by atoms with E-state index >= 15 is 0 Å². The molecule has 0 heterocycles. The first-order valence-electron chi connectivity index (χ1n) is 3.43. The van der Waals surface area contributed by atoms with Crippen molar-refractivity contribution in [3.05, 3.63) is 29.8 Å². The molecule has 1 rings (SSSR count). The smallest absolute Gasteiger partial charge is 0.159 e. The van der Waals surface area contributed by atoms with Gasteiger partial charge in [-0.2, -0.15) is 4.99 Å². The monoisotopic (exact) mass is 177 g/mol. The molecule has 12 heavy (non-hydrogen) atoms. The molecule has 0 spiro atoms. The van der Waals surface area contributed by atoms with Crippen LogP contribution in [0.25, 0.3) is 0 Å². The van der Waals surface area contributed by atoms with E-state index in [1.54, 1.807) is 24.3 Å². The number of carbonyl (C=O) groups excluding carboxylic acids is 1. The van der Waals surface area contributed by atoms with Crippen LogP contribution in [0.1, 0.15) is 17.3 Å². The number of carbonyl (C=O) groups is 1. The van der Waals surface area contributed by atoms with Crippen molar-refractivity contribution in [2.75, 3.05) is 0 Å². The molecule has 0 atom stereocenters. The van der Waals surface area contributed by atoms with E-state index in [-0.39, 0.29) is 5.78 Å². The number of hydrogen-bond acceptors (Lipinski definition) is 3. The van der Waals surface area contributed by atoms with Gasteiger partial charge in [-0.05, 0) is 43.4 Å². The van der Waals surface area contributed by atoms with Gasteiger partial charge in [0.15, 0.2) is 5.78 Å². The zero-order valence-electron chi connectivity index (χ0n) is 6.57. The number of thiocarbonyl (C=S) groups is 1. The van der Waals surface area contributed by atoms with Crippen LogP contribution in [0.4, 0.5) is 5.69 Å². The van der Waals surface area contributed by atoms with Crippen LogP contribution in [0.15, 0.2) is 29.3 Å². The molecule has 0 aliphatic carbocycles. The van der Waals surface area contributed by atoms with Gasteiger partial charge in [-0.3, -0.25) is 4.79 Å². The fourth-order valence-corrected chi connectivity index (χ4v) is 0.929. The summed E-state index contributed by atoms with van der Waals surface area (Å²) < 4.78 is 0. The van der Waals surface area contributed by atoms with Crippen molar-refractivity contribution >= 4 is 28.8 Å². The van der Waals surface area contributed by atoms with Gasteiger partial charge in [-0.1, -0.05) is 0 Å². The summed E-state index contributed by atoms with van der Waals surface area (Å²) in [6.07, 6.45) is 0. The summed E-state index contributed by atoms with van der Waals surface area (Å²) in [5.41, 5.74) is 1.40. The maximum absolute atomic E-state index is 10.8. The van der Waals surface area contributed by atoms with Crippen molar-refractivity contribution in [1.29, 1.82) is 0 Å². The quantitative estimate of drug-likeness (QED) is 0.395. The Bertz CT molecular complexity index is 315. The number of rotatable bonds is 2. The molecule has 0 saturated heterocycles. The molecule has 2 nitrogen and oxygen atoms in total. The topological polar surface area (TPSA) is 29.4 Å². The molecule has 0 N–H and O–H groups in total. The van der Waals surface area contributed by atoms with Crippen molar-refractivity contribution in [1.82, 2.24) is 0 Å². The van der Waals surface area contributed by atoms with Gasteiger partial charge in [0.1, 0.15) is 0 Å². The maximum Gasteiger partial charge on any atom is 0.159 e. The molecule has 1 aromatic rings. The molecule has 0 radical (unpaired) electrons. The molecule has 0 aromatic heterocycles. The molecular weight excluding hydrogens is 170 g/mol. The van der Waals surface area contributed by atoms with Gasteiger partial charge in [-0.15, -0.1) is 0 Å². The predicted molar refractivity (Wildman–Crippen MR) is 51.1 cm³/mol. The Labute approximate surface area is 75.9 Å². The molecule has 0 aliphatic heterocycles. The van der Waals surface area contributed by atoms with Gasteiger partial charge in [0, 0.05) is 5.56 Å². The van der Waals surface area contributed by atoms with Crippen molar-refractivity contribution in [2.45, 2.75) is 6.92 Å². The van der Waals surface area contributed by atoms with Crippen LogP contribution in [0.5, 0.6) is 0 Å². The molecule has 0 fully saturated rings. The number of nitrogens with zero attached hydrogens (tertiary/aromatic N) is 1. The highest BCUT2D eigenvalue weighted by Crippen LogP contribution is 2.12. The summed E-state index contributed by atoms with van der Waals surface area (Å²) in [4.78, 5) is 14.6. The zero-order chi connectivity index (χ0) is 8.97. The van der Waals surface area contributed by atoms with Gasteiger partial charge < -0.3 is 0 Å². The van der Waals surface area contributed by atoms with Crippen molar-refractivity contribution in [2.24, 2.45) is 4.99 Å². The zero-order valence-corrected chi connectivity index (χ0v) is 7.39. The lowest BCUT2D eigenvalue weighted by Gasteiger charge is -1.93. The summed E-state index contributed by atoms with van der Waals surface area (Å²) in [5.74, 6) is 0.0490. The average Bonchev–Trinajstić information content (AvgIpc) is 2.06. The van der Waals surface area contributed by atoms with Gasteiger partial charge in [0.25, 0.3) is 0 Å². The standard InChI is InChI=1S/C9H7NOS/c1-7(11)8-2-4-9(5-3-8)10-6-12/h2-5H,1H3. The van der Waals surface area contributed by atoms with Gasteiger partial charge in [0.05, 0.1) is 10.8 Å². The molecule has 0 unspecified atom stereocenters. The van der Waals surface area contributed by atoms with Crippen LogP contribution < -0.4 is 0 Å². The fraction of sp³-hybridized carbons (Fsp3) is 0.111. The SMILES string of the molecule is CC(=O)c1ccc(N=C=S)cc1. The number of hydrogen-bond donors (Lipinski definition) is 0. The van der Waals surface area contributed by atoms with E-state index in [2.05, 4.69) is 22.4 Å². The number of Topliss-reactive ketones (excluding diaryl/α,β-unsaturated/α-hetero) is 1. The van der Waals surface area contributed by atoms with Crippen LogP contribution >= 0.6 is 12.2 Å². The first-order chi connectivity index (χ1) is 5.74. The van der Waals surface area contributed by atoms with Crippen molar-refractivity contribution < 1.29 is 4.79 Å². The Morgan fingerprint density at radius 1 is 1.42 bits per heavy atom. The lowest BCUT2D eigenvalue weighted by Crippen LogP contribution is -1.89. The minimum Gasteiger partial charge on any atom is -0.295 e. The number of isothiocyanates is 1. The normalized spacial score (nSPS) is 8.75. The molecule has 3 heteroatoms. The summed E-state index contributed by atoms with van der Waals surface area (Å²) in [6.45, 7) is 1.53. The minimum atomic E-state index is 0.0490. The summed E-state index contributed by atoms with van der Waals surface area (Å²) >= 11 is 4.43. The van der Waals surface area contributed by atoms with Crippen LogP contribution in [-0.2, 0) is 0 Å². The Morgan fingerprint density at radius 3 is 2.42 bits per heavy atom. The summed E-state index contributed by atoms with van der Waals surface area (Å²) in [6, 6.07) is 6.90. The molecule has 0 aliphatic rings. The Balaban J connectivity index is 3.00. The van der Waals surface area contributed by atoms with Gasteiger partial charge in [-0.25, -0.2) is 0 Å². The number of aliphatic imine (C=N–C) groups is 1. The van der Waals surface area contributed by atoms with Crippen LogP contribution in [-0.4, -0.2) is 10.9 Å². The number of benzene rings is 1.